The minimum Gasteiger partial charge on any atom is -0.457 e. The third kappa shape index (κ3) is 5.25. The van der Waals surface area contributed by atoms with Gasteiger partial charge in [-0.15, -0.1) is 11.3 Å². The summed E-state index contributed by atoms with van der Waals surface area (Å²) in [6.07, 6.45) is 1.39. The number of piperidine rings is 1. The lowest BCUT2D eigenvalue weighted by molar-refractivity contribution is -0.126. The van der Waals surface area contributed by atoms with Crippen molar-refractivity contribution in [2.45, 2.75) is 33.2 Å². The summed E-state index contributed by atoms with van der Waals surface area (Å²) in [5.41, 5.74) is 0.954. The molecule has 1 aliphatic heterocycles. The second-order valence-corrected chi connectivity index (χ2v) is 9.34. The van der Waals surface area contributed by atoms with E-state index in [-0.39, 0.29) is 17.9 Å². The first kappa shape index (κ1) is 21.4. The third-order valence-corrected chi connectivity index (χ3v) is 6.47. The van der Waals surface area contributed by atoms with Crippen molar-refractivity contribution in [1.29, 1.82) is 0 Å². The Morgan fingerprint density at radius 1 is 1.16 bits per heavy atom. The standard InChI is InChI=1S/C23H28N4O3S/c1-15(2)13-24-21(28)16-9-11-27(12-10-16)23(29)25-14-17-7-8-19(30-17)22-26-18-5-3-4-6-20(18)31-22/h3-8,15-16H,9-14H2,1-2H3,(H,24,28)(H,25,29). The van der Waals surface area contributed by atoms with Crippen LogP contribution in [0.15, 0.2) is 40.8 Å². The van der Waals surface area contributed by atoms with Crippen LogP contribution >= 0.6 is 11.3 Å². The Balaban J connectivity index is 1.26. The molecule has 1 aliphatic rings. The summed E-state index contributed by atoms with van der Waals surface area (Å²) >= 11 is 1.59. The molecule has 0 bridgehead atoms. The normalized spacial score (nSPS) is 14.9. The summed E-state index contributed by atoms with van der Waals surface area (Å²) in [6.45, 7) is 6.34. The largest absolute Gasteiger partial charge is 0.457 e. The van der Waals surface area contributed by atoms with Crippen molar-refractivity contribution in [3.8, 4) is 10.8 Å². The number of nitrogens with zero attached hydrogens (tertiary/aromatic N) is 2. The number of hydrogen-bond donors (Lipinski definition) is 2. The molecule has 7 nitrogen and oxygen atoms in total. The predicted molar refractivity (Wildman–Crippen MR) is 122 cm³/mol. The highest BCUT2D eigenvalue weighted by Crippen LogP contribution is 2.31. The summed E-state index contributed by atoms with van der Waals surface area (Å²) in [5, 5.41) is 6.74. The van der Waals surface area contributed by atoms with E-state index in [2.05, 4.69) is 29.5 Å². The maximum atomic E-state index is 12.5. The number of carbonyl (C=O) groups is 2. The van der Waals surface area contributed by atoms with Crippen LogP contribution in [-0.2, 0) is 11.3 Å². The summed E-state index contributed by atoms with van der Waals surface area (Å²) in [5.74, 6) is 1.92. The summed E-state index contributed by atoms with van der Waals surface area (Å²) in [7, 11) is 0. The van der Waals surface area contributed by atoms with Crippen molar-refractivity contribution < 1.29 is 14.0 Å². The second kappa shape index (κ2) is 9.51. The summed E-state index contributed by atoms with van der Waals surface area (Å²) in [4.78, 5) is 31.1. The van der Waals surface area contributed by atoms with Crippen LogP contribution in [0.1, 0.15) is 32.4 Å². The number of likely N-dealkylation sites (tertiary alicyclic amines) is 1. The molecule has 3 amide bonds. The van der Waals surface area contributed by atoms with E-state index in [1.165, 1.54) is 0 Å². The number of hydrogen-bond acceptors (Lipinski definition) is 5. The Kier molecular flexibility index (Phi) is 6.56. The van der Waals surface area contributed by atoms with Gasteiger partial charge in [0.15, 0.2) is 10.8 Å². The van der Waals surface area contributed by atoms with Gasteiger partial charge < -0.3 is 20.0 Å². The molecular weight excluding hydrogens is 412 g/mol. The van der Waals surface area contributed by atoms with Gasteiger partial charge in [-0.25, -0.2) is 9.78 Å². The molecule has 3 aromatic rings. The Morgan fingerprint density at radius 3 is 2.68 bits per heavy atom. The number of furan rings is 1. The zero-order chi connectivity index (χ0) is 21.8. The highest BCUT2D eigenvalue weighted by Gasteiger charge is 2.27. The van der Waals surface area contributed by atoms with Crippen LogP contribution in [0, 0.1) is 11.8 Å². The molecule has 0 saturated carbocycles. The highest BCUT2D eigenvalue weighted by molar-refractivity contribution is 7.21. The number of rotatable bonds is 6. The van der Waals surface area contributed by atoms with E-state index >= 15 is 0 Å². The van der Waals surface area contributed by atoms with Crippen LogP contribution in [0.2, 0.25) is 0 Å². The lowest BCUT2D eigenvalue weighted by Gasteiger charge is -2.31. The Hall–Kier alpha value is -2.87. The van der Waals surface area contributed by atoms with E-state index in [1.54, 1.807) is 16.2 Å². The van der Waals surface area contributed by atoms with Crippen molar-refractivity contribution in [2.75, 3.05) is 19.6 Å². The molecule has 2 N–H and O–H groups in total. The van der Waals surface area contributed by atoms with Crippen LogP contribution in [0.3, 0.4) is 0 Å². The monoisotopic (exact) mass is 440 g/mol. The third-order valence-electron chi connectivity index (χ3n) is 5.42. The van der Waals surface area contributed by atoms with Gasteiger partial charge in [0, 0.05) is 25.6 Å². The number of aromatic nitrogens is 1. The number of para-hydroxylation sites is 1. The van der Waals surface area contributed by atoms with Gasteiger partial charge in [-0.1, -0.05) is 26.0 Å². The fourth-order valence-corrected chi connectivity index (χ4v) is 4.56. The van der Waals surface area contributed by atoms with Gasteiger partial charge >= 0.3 is 6.03 Å². The SMILES string of the molecule is CC(C)CNC(=O)C1CCN(C(=O)NCc2ccc(-c3nc4ccccc4s3)o2)CC1. The molecular formula is C23H28N4O3S. The van der Waals surface area contributed by atoms with Gasteiger partial charge in [0.2, 0.25) is 5.91 Å². The molecule has 31 heavy (non-hydrogen) atoms. The molecule has 164 valence electrons. The highest BCUT2D eigenvalue weighted by atomic mass is 32.1. The number of carbonyl (C=O) groups excluding carboxylic acids is 2. The average Bonchev–Trinajstić information content (AvgIpc) is 3.42. The molecule has 0 spiro atoms. The number of thiazole rings is 1. The number of fused-ring (bicyclic) bond motifs is 1. The first-order chi connectivity index (χ1) is 15.0. The fourth-order valence-electron chi connectivity index (χ4n) is 3.63. The Morgan fingerprint density at radius 2 is 1.94 bits per heavy atom. The second-order valence-electron chi connectivity index (χ2n) is 8.31. The zero-order valence-electron chi connectivity index (χ0n) is 17.9. The van der Waals surface area contributed by atoms with Crippen molar-refractivity contribution in [3.05, 3.63) is 42.2 Å². The predicted octanol–water partition coefficient (Wildman–Crippen LogP) is 4.25. The minimum atomic E-state index is -0.126. The molecule has 1 aromatic carbocycles. The Bertz CT molecular complexity index is 1020. The van der Waals surface area contributed by atoms with E-state index in [1.807, 2.05) is 36.4 Å². The molecule has 0 atom stereocenters. The van der Waals surface area contributed by atoms with Gasteiger partial charge in [-0.3, -0.25) is 4.79 Å². The molecule has 1 saturated heterocycles. The van der Waals surface area contributed by atoms with Crippen LogP contribution in [-0.4, -0.2) is 41.5 Å². The average molecular weight is 441 g/mol. The van der Waals surface area contributed by atoms with Gasteiger partial charge in [-0.2, -0.15) is 0 Å². The molecule has 1 fully saturated rings. The molecule has 8 heteroatoms. The van der Waals surface area contributed by atoms with E-state index in [9.17, 15) is 9.59 Å². The maximum Gasteiger partial charge on any atom is 0.317 e. The van der Waals surface area contributed by atoms with E-state index in [0.717, 1.165) is 15.2 Å². The lowest BCUT2D eigenvalue weighted by atomic mass is 9.96. The molecule has 0 unspecified atom stereocenters. The van der Waals surface area contributed by atoms with Crippen LogP contribution < -0.4 is 10.6 Å². The van der Waals surface area contributed by atoms with Gasteiger partial charge in [0.1, 0.15) is 5.76 Å². The molecule has 0 radical (unpaired) electrons. The number of benzene rings is 1. The quantitative estimate of drug-likeness (QED) is 0.600. The molecule has 3 heterocycles. The zero-order valence-corrected chi connectivity index (χ0v) is 18.7. The van der Waals surface area contributed by atoms with Gasteiger partial charge in [0.25, 0.3) is 0 Å². The number of urea groups is 1. The first-order valence-electron chi connectivity index (χ1n) is 10.7. The minimum absolute atomic E-state index is 0.00996. The van der Waals surface area contributed by atoms with Crippen LogP contribution in [0.25, 0.3) is 21.0 Å². The summed E-state index contributed by atoms with van der Waals surface area (Å²) < 4.78 is 7.01. The molecule has 4 rings (SSSR count). The van der Waals surface area contributed by atoms with Crippen LogP contribution in [0.5, 0.6) is 0 Å². The van der Waals surface area contributed by atoms with Gasteiger partial charge in [0.05, 0.1) is 16.8 Å². The van der Waals surface area contributed by atoms with Crippen molar-refractivity contribution in [1.82, 2.24) is 20.5 Å². The van der Waals surface area contributed by atoms with Crippen molar-refractivity contribution >= 4 is 33.5 Å². The topological polar surface area (TPSA) is 87.5 Å². The van der Waals surface area contributed by atoms with E-state index in [4.69, 9.17) is 4.42 Å². The van der Waals surface area contributed by atoms with Crippen LogP contribution in [0.4, 0.5) is 4.79 Å². The molecule has 0 aliphatic carbocycles. The maximum absolute atomic E-state index is 12.5. The lowest BCUT2D eigenvalue weighted by Crippen LogP contribution is -2.47. The van der Waals surface area contributed by atoms with E-state index < -0.39 is 0 Å². The Labute approximate surface area is 185 Å². The molecule has 2 aromatic heterocycles. The summed E-state index contributed by atoms with van der Waals surface area (Å²) in [6, 6.07) is 11.6. The fraction of sp³-hybridized carbons (Fsp3) is 0.435. The van der Waals surface area contributed by atoms with Gasteiger partial charge in [-0.05, 0) is 43.0 Å². The van der Waals surface area contributed by atoms with E-state index in [0.29, 0.717) is 56.5 Å². The number of amides is 3. The van der Waals surface area contributed by atoms with Crippen molar-refractivity contribution in [2.24, 2.45) is 11.8 Å². The first-order valence-corrected chi connectivity index (χ1v) is 11.6. The van der Waals surface area contributed by atoms with Crippen molar-refractivity contribution in [3.63, 3.8) is 0 Å². The smallest absolute Gasteiger partial charge is 0.317 e. The number of nitrogens with one attached hydrogen (secondary N) is 2.